The number of ether oxygens (including phenoxy) is 1. The number of hydrogen-bond acceptors (Lipinski definition) is 5. The molecule has 1 aromatic heterocycles. The quantitative estimate of drug-likeness (QED) is 0.536. The number of rotatable bonds is 8. The van der Waals surface area contributed by atoms with E-state index in [-0.39, 0.29) is 17.5 Å². The third kappa shape index (κ3) is 5.08. The van der Waals surface area contributed by atoms with Gasteiger partial charge in [-0.1, -0.05) is 39.0 Å². The summed E-state index contributed by atoms with van der Waals surface area (Å²) < 4.78 is 9.99. The van der Waals surface area contributed by atoms with Crippen LogP contribution in [0.4, 0.5) is 0 Å². The lowest BCUT2D eigenvalue weighted by atomic mass is 9.88. The summed E-state index contributed by atoms with van der Waals surface area (Å²) in [6, 6.07) is 0. The highest BCUT2D eigenvalue weighted by molar-refractivity contribution is 5.86. The Bertz CT molecular complexity index is 535. The summed E-state index contributed by atoms with van der Waals surface area (Å²) in [5, 5.41) is 0. The molecular weight excluding hydrogens is 308 g/mol. The molecule has 1 amide bonds. The second kappa shape index (κ2) is 9.45. The van der Waals surface area contributed by atoms with E-state index in [1.165, 1.54) is 19.8 Å². The maximum absolute atomic E-state index is 12.9. The van der Waals surface area contributed by atoms with Crippen molar-refractivity contribution in [2.75, 3.05) is 13.7 Å². The summed E-state index contributed by atoms with van der Waals surface area (Å²) in [6.45, 7) is 3.17. The molecule has 0 aromatic carbocycles. The predicted octanol–water partition coefficient (Wildman–Crippen LogP) is 3.56. The standard InChI is InChI=1S/C18H28N2O4/c1-3-4-8-11-20(17(21)14-9-6-5-7-10-14)12-16-19-15(13-24-16)18(22)23-2/h13-14H,3-12H2,1-2H3. The molecule has 6 heteroatoms. The number of carbonyl (C=O) groups excluding carboxylic acids is 2. The van der Waals surface area contributed by atoms with Crippen molar-refractivity contribution in [2.24, 2.45) is 5.92 Å². The fraction of sp³-hybridized carbons (Fsp3) is 0.722. The first-order valence-electron chi connectivity index (χ1n) is 8.97. The monoisotopic (exact) mass is 336 g/mol. The van der Waals surface area contributed by atoms with Gasteiger partial charge < -0.3 is 14.1 Å². The van der Waals surface area contributed by atoms with E-state index >= 15 is 0 Å². The van der Waals surface area contributed by atoms with Gasteiger partial charge in [0.1, 0.15) is 6.26 Å². The molecule has 1 heterocycles. The van der Waals surface area contributed by atoms with Gasteiger partial charge in [0.25, 0.3) is 0 Å². The van der Waals surface area contributed by atoms with Gasteiger partial charge in [0.2, 0.25) is 11.8 Å². The number of unbranched alkanes of at least 4 members (excludes halogenated alkanes) is 2. The molecule has 1 fully saturated rings. The van der Waals surface area contributed by atoms with E-state index in [9.17, 15) is 9.59 Å². The van der Waals surface area contributed by atoms with Gasteiger partial charge >= 0.3 is 5.97 Å². The summed E-state index contributed by atoms with van der Waals surface area (Å²) in [5.74, 6) is 0.177. The molecule has 0 unspecified atom stereocenters. The zero-order chi connectivity index (χ0) is 17.4. The largest absolute Gasteiger partial charge is 0.464 e. The van der Waals surface area contributed by atoms with E-state index in [0.29, 0.717) is 19.0 Å². The first-order valence-corrected chi connectivity index (χ1v) is 8.97. The van der Waals surface area contributed by atoms with Crippen LogP contribution in [0.3, 0.4) is 0 Å². The van der Waals surface area contributed by atoms with Gasteiger partial charge in [-0.15, -0.1) is 0 Å². The van der Waals surface area contributed by atoms with Crippen LogP contribution >= 0.6 is 0 Å². The van der Waals surface area contributed by atoms with Crippen LogP contribution in [0.5, 0.6) is 0 Å². The van der Waals surface area contributed by atoms with E-state index in [2.05, 4.69) is 16.6 Å². The van der Waals surface area contributed by atoms with Crippen molar-refractivity contribution in [3.8, 4) is 0 Å². The average Bonchev–Trinajstić information content (AvgIpc) is 3.09. The molecule has 134 valence electrons. The van der Waals surface area contributed by atoms with Gasteiger partial charge in [-0.2, -0.15) is 0 Å². The first-order chi connectivity index (χ1) is 11.7. The van der Waals surface area contributed by atoms with E-state index in [1.54, 1.807) is 0 Å². The fourth-order valence-corrected chi connectivity index (χ4v) is 3.17. The lowest BCUT2D eigenvalue weighted by Gasteiger charge is -2.28. The summed E-state index contributed by atoms with van der Waals surface area (Å²) in [6.07, 6.45) is 9.89. The zero-order valence-electron chi connectivity index (χ0n) is 14.8. The molecule has 0 bridgehead atoms. The van der Waals surface area contributed by atoms with E-state index in [0.717, 1.165) is 44.9 Å². The number of oxazole rings is 1. The van der Waals surface area contributed by atoms with Crippen molar-refractivity contribution in [3.05, 3.63) is 17.8 Å². The van der Waals surface area contributed by atoms with Crippen molar-refractivity contribution in [3.63, 3.8) is 0 Å². The van der Waals surface area contributed by atoms with Gasteiger partial charge in [-0.25, -0.2) is 9.78 Å². The van der Waals surface area contributed by atoms with Crippen molar-refractivity contribution in [2.45, 2.75) is 64.8 Å². The van der Waals surface area contributed by atoms with Crippen LogP contribution in [0.15, 0.2) is 10.7 Å². The topological polar surface area (TPSA) is 72.6 Å². The van der Waals surface area contributed by atoms with Crippen LogP contribution in [0.25, 0.3) is 0 Å². The molecule has 0 saturated heterocycles. The minimum absolute atomic E-state index is 0.121. The Kier molecular flexibility index (Phi) is 7.28. The molecule has 0 N–H and O–H groups in total. The highest BCUT2D eigenvalue weighted by Crippen LogP contribution is 2.26. The summed E-state index contributed by atoms with van der Waals surface area (Å²) in [5.41, 5.74) is 0.145. The normalized spacial score (nSPS) is 15.2. The van der Waals surface area contributed by atoms with Gasteiger partial charge in [0, 0.05) is 12.5 Å². The van der Waals surface area contributed by atoms with Crippen LogP contribution in [0.1, 0.15) is 74.7 Å². The van der Waals surface area contributed by atoms with E-state index in [1.807, 2.05) is 4.90 Å². The average molecular weight is 336 g/mol. The van der Waals surface area contributed by atoms with E-state index < -0.39 is 5.97 Å². The molecule has 2 rings (SSSR count). The smallest absolute Gasteiger partial charge is 0.360 e. The molecular formula is C18H28N2O4. The zero-order valence-corrected chi connectivity index (χ0v) is 14.8. The Morgan fingerprint density at radius 2 is 2.04 bits per heavy atom. The van der Waals surface area contributed by atoms with Gasteiger partial charge in [-0.3, -0.25) is 4.79 Å². The molecule has 0 aliphatic heterocycles. The van der Waals surface area contributed by atoms with Crippen molar-refractivity contribution >= 4 is 11.9 Å². The Labute approximate surface area is 143 Å². The molecule has 0 atom stereocenters. The van der Waals surface area contributed by atoms with E-state index in [4.69, 9.17) is 4.42 Å². The maximum atomic E-state index is 12.9. The molecule has 24 heavy (non-hydrogen) atoms. The van der Waals surface area contributed by atoms with Crippen molar-refractivity contribution in [1.29, 1.82) is 0 Å². The second-order valence-corrected chi connectivity index (χ2v) is 6.42. The number of hydrogen-bond donors (Lipinski definition) is 0. The van der Waals surface area contributed by atoms with Gasteiger partial charge in [-0.05, 0) is 19.3 Å². The Balaban J connectivity index is 2.02. The Morgan fingerprint density at radius 1 is 1.29 bits per heavy atom. The van der Waals surface area contributed by atoms with Crippen LogP contribution in [0, 0.1) is 5.92 Å². The Morgan fingerprint density at radius 3 is 2.71 bits per heavy atom. The number of methoxy groups -OCH3 is 1. The number of amides is 1. The molecule has 1 aromatic rings. The minimum atomic E-state index is -0.527. The maximum Gasteiger partial charge on any atom is 0.360 e. The number of esters is 1. The third-order valence-corrected chi connectivity index (χ3v) is 4.57. The van der Waals surface area contributed by atoms with Crippen molar-refractivity contribution < 1.29 is 18.7 Å². The lowest BCUT2D eigenvalue weighted by molar-refractivity contribution is -0.137. The number of carbonyl (C=O) groups is 2. The molecule has 1 saturated carbocycles. The predicted molar refractivity (Wildman–Crippen MR) is 89.4 cm³/mol. The van der Waals surface area contributed by atoms with Crippen LogP contribution in [0.2, 0.25) is 0 Å². The second-order valence-electron chi connectivity index (χ2n) is 6.42. The highest BCUT2D eigenvalue weighted by Gasteiger charge is 2.27. The van der Waals surface area contributed by atoms with Gasteiger partial charge in [0.05, 0.1) is 13.7 Å². The van der Waals surface area contributed by atoms with Crippen LogP contribution in [-0.2, 0) is 16.1 Å². The molecule has 0 radical (unpaired) electrons. The first kappa shape index (κ1) is 18.5. The summed E-state index contributed by atoms with van der Waals surface area (Å²) in [4.78, 5) is 30.3. The van der Waals surface area contributed by atoms with Crippen LogP contribution < -0.4 is 0 Å². The Hall–Kier alpha value is -1.85. The number of aromatic nitrogens is 1. The minimum Gasteiger partial charge on any atom is -0.464 e. The molecule has 6 nitrogen and oxygen atoms in total. The summed E-state index contributed by atoms with van der Waals surface area (Å²) in [7, 11) is 1.31. The molecule has 0 spiro atoms. The summed E-state index contributed by atoms with van der Waals surface area (Å²) >= 11 is 0. The fourth-order valence-electron chi connectivity index (χ4n) is 3.17. The van der Waals surface area contributed by atoms with Gasteiger partial charge in [0.15, 0.2) is 5.69 Å². The molecule has 1 aliphatic carbocycles. The highest BCUT2D eigenvalue weighted by atomic mass is 16.5. The number of nitrogens with zero attached hydrogens (tertiary/aromatic N) is 2. The lowest BCUT2D eigenvalue weighted by Crippen LogP contribution is -2.37. The third-order valence-electron chi connectivity index (χ3n) is 4.57. The van der Waals surface area contributed by atoms with Crippen molar-refractivity contribution in [1.82, 2.24) is 9.88 Å². The molecule has 1 aliphatic rings. The van der Waals surface area contributed by atoms with Crippen LogP contribution in [-0.4, -0.2) is 35.4 Å². The SMILES string of the molecule is CCCCCN(Cc1nc(C(=O)OC)co1)C(=O)C1CCCCC1.